The summed E-state index contributed by atoms with van der Waals surface area (Å²) < 4.78 is 0. The number of para-hydroxylation sites is 3. The van der Waals surface area contributed by atoms with Crippen LogP contribution in [0.3, 0.4) is 0 Å². The van der Waals surface area contributed by atoms with Crippen LogP contribution in [0.1, 0.15) is 107 Å². The van der Waals surface area contributed by atoms with Crippen LogP contribution in [0.5, 0.6) is 0 Å². The van der Waals surface area contributed by atoms with Gasteiger partial charge in [-0.15, -0.1) is 0 Å². The molecular weight excluding hydrogens is 1060 g/mol. The summed E-state index contributed by atoms with van der Waals surface area (Å²) in [5.74, 6) is -4.79. The summed E-state index contributed by atoms with van der Waals surface area (Å²) in [6.07, 6.45) is 12.4. The molecule has 0 aliphatic rings. The molecule has 0 saturated carbocycles. The smallest absolute Gasteiger partial charge is 0.243 e. The first-order chi connectivity index (χ1) is 40.0. The lowest BCUT2D eigenvalue weighted by Gasteiger charge is -2.27. The van der Waals surface area contributed by atoms with Gasteiger partial charge in [0, 0.05) is 90.2 Å². The predicted octanol–water partition coefficient (Wildman–Crippen LogP) is 2.15. The molecule has 0 aliphatic carbocycles. The van der Waals surface area contributed by atoms with Gasteiger partial charge in [-0.3, -0.25) is 43.5 Å². The molecule has 3 heterocycles. The Kier molecular flexibility index (Phi) is 24.8. The lowest BCUT2D eigenvalue weighted by molar-refractivity contribution is -0.135. The molecule has 0 radical (unpaired) electrons. The van der Waals surface area contributed by atoms with Gasteiger partial charge in [-0.25, -0.2) is 0 Å². The first-order valence-corrected chi connectivity index (χ1v) is 28.6. The van der Waals surface area contributed by atoms with Gasteiger partial charge >= 0.3 is 0 Å². The second-order valence-corrected chi connectivity index (χ2v) is 20.9. The lowest BCUT2D eigenvalue weighted by atomic mass is 10.0. The van der Waals surface area contributed by atoms with Crippen LogP contribution in [0.2, 0.25) is 0 Å². The summed E-state index contributed by atoms with van der Waals surface area (Å²) in [4.78, 5) is 116. The number of fused-ring (bicyclic) bond motifs is 3. The number of rotatable bonds is 36. The summed E-state index contributed by atoms with van der Waals surface area (Å²) >= 11 is 0. The average Bonchev–Trinajstić information content (AvgIpc) is 4.39. The number of aromatic nitrogens is 3. The first-order valence-electron chi connectivity index (χ1n) is 28.6. The Bertz CT molecular complexity index is 3170. The summed E-state index contributed by atoms with van der Waals surface area (Å²) in [7, 11) is 0. The number of carbonyl (C=O) groups excluding carboxylic acids is 7. The number of primary amides is 1. The molecule has 24 nitrogen and oxygen atoms in total. The van der Waals surface area contributed by atoms with Gasteiger partial charge in [0.1, 0.15) is 30.2 Å². The molecule has 0 fully saturated rings. The SMILES string of the molecule is CCCCCCCC(=O)NCCCC[C@H](NC(=O)[C@H](Cc1c[nH]c2ccccc12)NC(=O)[C@@H](CCCN=C(N)N)NC(=O)[C@@H](Cc1c[nH]c2ccccc12)NC(=O)[C@H](CCCN=C(N)N)NC(=O)[C@H](N)Cc1c[nH]c2ccccc12)C(N)=O. The average molecular weight is 1140 g/mol. The zero-order valence-electron chi connectivity index (χ0n) is 47.3. The molecule has 21 N–H and O–H groups in total. The zero-order valence-corrected chi connectivity index (χ0v) is 47.3. The van der Waals surface area contributed by atoms with Crippen molar-refractivity contribution in [3.05, 3.63) is 108 Å². The lowest BCUT2D eigenvalue weighted by Crippen LogP contribution is -2.60. The highest BCUT2D eigenvalue weighted by Gasteiger charge is 2.34. The van der Waals surface area contributed by atoms with Crippen LogP contribution in [-0.2, 0) is 52.8 Å². The number of aromatic amines is 3. The standard InChI is InChI=1S/C59H83N17O7/c1-2-3-4-5-6-26-51(77)66-27-14-13-23-46(52(61)78)72-56(82)49(31-37-34-70-44-21-11-8-18-40(37)44)75-55(81)48(25-16-29-68-59(64)65)74-57(83)50(32-38-35-71-45-22-12-9-19-41(38)45)76-54(80)47(24-15-28-67-58(62)63)73-53(79)42(60)30-36-33-69-43-20-10-7-17-39(36)43/h7-12,17-22,33-35,42,46-50,69-71H,2-6,13-16,23-32,60H2,1H3,(H2,61,78)(H,66,77)(H,72,82)(H,73,79)(H,74,83)(H,75,81)(H,76,80)(H4,62,63,67)(H4,64,65,68)/t42-,46+,47+,48-,49+,50-/m1/s1. The molecule has 24 heteroatoms. The molecule has 0 aliphatic heterocycles. The third-order valence-electron chi connectivity index (χ3n) is 14.5. The van der Waals surface area contributed by atoms with E-state index in [9.17, 15) is 33.6 Å². The molecule has 446 valence electrons. The van der Waals surface area contributed by atoms with Crippen LogP contribution >= 0.6 is 0 Å². The van der Waals surface area contributed by atoms with Crippen molar-refractivity contribution >= 4 is 86.0 Å². The third-order valence-corrected chi connectivity index (χ3v) is 14.5. The van der Waals surface area contributed by atoms with E-state index in [2.05, 4.69) is 63.8 Å². The molecule has 3 aromatic carbocycles. The minimum absolute atomic E-state index is 0.0410. The second-order valence-electron chi connectivity index (χ2n) is 20.9. The molecule has 7 amide bonds. The van der Waals surface area contributed by atoms with Crippen molar-refractivity contribution in [2.75, 3.05) is 19.6 Å². The topological polar surface area (TPSA) is 420 Å². The monoisotopic (exact) mass is 1140 g/mol. The summed E-state index contributed by atoms with van der Waals surface area (Å²) in [6.45, 7) is 2.72. The van der Waals surface area contributed by atoms with Crippen molar-refractivity contribution in [3.63, 3.8) is 0 Å². The maximum Gasteiger partial charge on any atom is 0.243 e. The molecule has 0 spiro atoms. The van der Waals surface area contributed by atoms with Crippen molar-refractivity contribution in [1.82, 2.24) is 46.9 Å². The van der Waals surface area contributed by atoms with Crippen LogP contribution < -0.4 is 66.3 Å². The van der Waals surface area contributed by atoms with Gasteiger partial charge in [-0.2, -0.15) is 0 Å². The molecule has 83 heavy (non-hydrogen) atoms. The van der Waals surface area contributed by atoms with Crippen LogP contribution in [0.25, 0.3) is 32.7 Å². The van der Waals surface area contributed by atoms with Gasteiger partial charge in [0.15, 0.2) is 11.9 Å². The minimum atomic E-state index is -1.36. The summed E-state index contributed by atoms with van der Waals surface area (Å²) in [5, 5.41) is 19.5. The van der Waals surface area contributed by atoms with Crippen molar-refractivity contribution < 1.29 is 33.6 Å². The number of amides is 7. The number of unbranched alkanes of at least 4 members (excludes halogenated alkanes) is 5. The van der Waals surface area contributed by atoms with E-state index >= 15 is 0 Å². The largest absolute Gasteiger partial charge is 0.370 e. The van der Waals surface area contributed by atoms with E-state index < -0.39 is 71.7 Å². The van der Waals surface area contributed by atoms with Crippen LogP contribution in [0, 0.1) is 0 Å². The molecule has 6 atom stereocenters. The fourth-order valence-electron chi connectivity index (χ4n) is 9.97. The maximum atomic E-state index is 15.0. The predicted molar refractivity (Wildman–Crippen MR) is 323 cm³/mol. The molecule has 6 rings (SSSR count). The zero-order chi connectivity index (χ0) is 59.7. The number of H-pyrrole nitrogens is 3. The Morgan fingerprint density at radius 3 is 1.31 bits per heavy atom. The summed E-state index contributed by atoms with van der Waals surface area (Å²) in [5.41, 5.74) is 39.4. The highest BCUT2D eigenvalue weighted by molar-refractivity contribution is 5.98. The van der Waals surface area contributed by atoms with Crippen LogP contribution in [-0.4, -0.2) is 124 Å². The maximum absolute atomic E-state index is 15.0. The molecule has 3 aromatic heterocycles. The number of aliphatic imine (C=N–C) groups is 2. The Hall–Kier alpha value is -8.93. The number of nitrogens with one attached hydrogen (secondary N) is 9. The Labute approximate surface area is 482 Å². The van der Waals surface area contributed by atoms with E-state index in [0.29, 0.717) is 36.9 Å². The summed E-state index contributed by atoms with van der Waals surface area (Å²) in [6, 6.07) is 14.9. The molecule has 0 unspecified atom stereocenters. The second kappa shape index (κ2) is 32.5. The number of hydrogen-bond acceptors (Lipinski definition) is 10. The molecule has 6 aromatic rings. The van der Waals surface area contributed by atoms with E-state index in [0.717, 1.165) is 70.4 Å². The Morgan fingerprint density at radius 2 is 0.855 bits per heavy atom. The number of carbonyl (C=O) groups is 7. The molecule has 0 saturated heterocycles. The Morgan fingerprint density at radius 1 is 0.458 bits per heavy atom. The van der Waals surface area contributed by atoms with Crippen molar-refractivity contribution in [2.45, 2.75) is 146 Å². The van der Waals surface area contributed by atoms with Gasteiger partial charge < -0.3 is 81.3 Å². The van der Waals surface area contributed by atoms with E-state index in [1.165, 1.54) is 0 Å². The quantitative estimate of drug-likeness (QED) is 0.0153. The highest BCUT2D eigenvalue weighted by atomic mass is 16.2. The van der Waals surface area contributed by atoms with Crippen LogP contribution in [0.15, 0.2) is 101 Å². The number of hydrogen-bond donors (Lipinski definition) is 15. The van der Waals surface area contributed by atoms with Gasteiger partial charge in [0.05, 0.1) is 6.04 Å². The van der Waals surface area contributed by atoms with Gasteiger partial charge in [-0.1, -0.05) is 87.2 Å². The third kappa shape index (κ3) is 19.9. The van der Waals surface area contributed by atoms with E-state index in [-0.39, 0.29) is 82.3 Å². The number of guanidine groups is 2. The fraction of sp³-hybridized carbons (Fsp3) is 0.441. The first kappa shape index (κ1) is 63.3. The number of benzene rings is 3. The van der Waals surface area contributed by atoms with Crippen LogP contribution in [0.4, 0.5) is 0 Å². The van der Waals surface area contributed by atoms with Gasteiger partial charge in [0.25, 0.3) is 0 Å². The van der Waals surface area contributed by atoms with E-state index in [1.807, 2.05) is 72.8 Å². The number of nitrogens with two attached hydrogens (primary N) is 6. The van der Waals surface area contributed by atoms with E-state index in [1.54, 1.807) is 18.6 Å². The van der Waals surface area contributed by atoms with Crippen molar-refractivity contribution in [2.24, 2.45) is 44.4 Å². The van der Waals surface area contributed by atoms with Gasteiger partial charge in [-0.05, 0) is 92.7 Å². The molecular formula is C59H83N17O7. The van der Waals surface area contributed by atoms with Gasteiger partial charge in [0.2, 0.25) is 41.4 Å². The van der Waals surface area contributed by atoms with Crippen molar-refractivity contribution in [3.8, 4) is 0 Å². The normalized spacial score (nSPS) is 13.4. The number of nitrogens with zero attached hydrogens (tertiary/aromatic N) is 2. The highest BCUT2D eigenvalue weighted by Crippen LogP contribution is 2.23. The Balaban J connectivity index is 1.23. The van der Waals surface area contributed by atoms with Crippen molar-refractivity contribution in [1.29, 1.82) is 0 Å². The minimum Gasteiger partial charge on any atom is -0.370 e. The fourth-order valence-corrected chi connectivity index (χ4v) is 9.97. The van der Waals surface area contributed by atoms with E-state index in [4.69, 9.17) is 34.4 Å². The molecule has 0 bridgehead atoms.